The van der Waals surface area contributed by atoms with Gasteiger partial charge < -0.3 is 9.47 Å². The maximum absolute atomic E-state index is 11.8. The van der Waals surface area contributed by atoms with E-state index < -0.39 is 8.07 Å². The highest BCUT2D eigenvalue weighted by Gasteiger charge is 2.17. The molecule has 0 unspecified atom stereocenters. The number of hydrogen-bond acceptors (Lipinski definition) is 6. The zero-order valence-corrected chi connectivity index (χ0v) is 16.9. The molecule has 8 heteroatoms. The van der Waals surface area contributed by atoms with Crippen molar-refractivity contribution in [1.29, 1.82) is 0 Å². The largest absolute Gasteiger partial charge is 0.462 e. The van der Waals surface area contributed by atoms with Gasteiger partial charge in [0.25, 0.3) is 0 Å². The topological polar surface area (TPSA) is 70.4 Å². The summed E-state index contributed by atoms with van der Waals surface area (Å²) in [5.74, 6) is 0.273. The molecular weight excluding hydrogens is 356 g/mol. The molecule has 2 aromatic heterocycles. The number of carbonyl (C=O) groups is 2. The van der Waals surface area contributed by atoms with E-state index in [1.165, 1.54) is 17.5 Å². The molecular formula is C17H24N2O4SSi. The summed E-state index contributed by atoms with van der Waals surface area (Å²) in [5, 5.41) is 0. The van der Waals surface area contributed by atoms with Crippen molar-refractivity contribution in [3.63, 3.8) is 0 Å². The van der Waals surface area contributed by atoms with Crippen LogP contribution in [0.1, 0.15) is 27.1 Å². The predicted octanol–water partition coefficient (Wildman–Crippen LogP) is 3.91. The number of aldehydes is 1. The quantitative estimate of drug-likeness (QED) is 0.285. The van der Waals surface area contributed by atoms with Gasteiger partial charge in [-0.05, 0) is 25.1 Å². The fourth-order valence-corrected chi connectivity index (χ4v) is 3.78. The highest BCUT2D eigenvalue weighted by atomic mass is 32.1. The number of rotatable bonds is 9. The Balaban J connectivity index is 2.15. The highest BCUT2D eigenvalue weighted by Crippen LogP contribution is 2.28. The Bertz CT molecular complexity index is 733. The van der Waals surface area contributed by atoms with Gasteiger partial charge >= 0.3 is 5.97 Å². The molecule has 0 atom stereocenters. The van der Waals surface area contributed by atoms with Gasteiger partial charge in [-0.2, -0.15) is 0 Å². The molecule has 0 aliphatic carbocycles. The van der Waals surface area contributed by atoms with Crippen molar-refractivity contribution in [3.05, 3.63) is 28.9 Å². The smallest absolute Gasteiger partial charge is 0.348 e. The number of esters is 1. The third kappa shape index (κ3) is 5.35. The summed E-state index contributed by atoms with van der Waals surface area (Å²) in [5.41, 5.74) is 0.453. The molecule has 136 valence electrons. The van der Waals surface area contributed by atoms with Crippen molar-refractivity contribution in [2.45, 2.75) is 39.3 Å². The van der Waals surface area contributed by atoms with Crippen molar-refractivity contribution in [3.8, 4) is 10.7 Å². The minimum atomic E-state index is -1.16. The third-order valence-electron chi connectivity index (χ3n) is 3.53. The fraction of sp³-hybridized carbons (Fsp3) is 0.471. The molecule has 0 aromatic carbocycles. The van der Waals surface area contributed by atoms with E-state index in [9.17, 15) is 9.59 Å². The minimum absolute atomic E-state index is 0.264. The van der Waals surface area contributed by atoms with Crippen molar-refractivity contribution in [2.75, 3.05) is 13.2 Å². The maximum atomic E-state index is 11.8. The van der Waals surface area contributed by atoms with Gasteiger partial charge in [0, 0.05) is 14.7 Å². The number of ether oxygens (including phenoxy) is 2. The first-order valence-corrected chi connectivity index (χ1v) is 12.7. The van der Waals surface area contributed by atoms with Crippen LogP contribution >= 0.6 is 11.3 Å². The molecule has 0 spiro atoms. The summed E-state index contributed by atoms with van der Waals surface area (Å²) in [7, 11) is -1.16. The molecule has 0 fully saturated rings. The molecule has 0 amide bonds. The van der Waals surface area contributed by atoms with Gasteiger partial charge in [-0.1, -0.05) is 19.6 Å². The van der Waals surface area contributed by atoms with Crippen molar-refractivity contribution in [1.82, 2.24) is 9.55 Å². The van der Waals surface area contributed by atoms with Gasteiger partial charge in [-0.15, -0.1) is 11.3 Å². The van der Waals surface area contributed by atoms with Gasteiger partial charge in [0.05, 0.1) is 17.7 Å². The number of nitrogens with zero attached hydrogens (tertiary/aromatic N) is 2. The molecule has 6 nitrogen and oxygen atoms in total. The number of imidazole rings is 1. The van der Waals surface area contributed by atoms with E-state index in [1.807, 2.05) is 6.07 Å². The van der Waals surface area contributed by atoms with Crippen LogP contribution in [0.5, 0.6) is 0 Å². The summed E-state index contributed by atoms with van der Waals surface area (Å²) in [4.78, 5) is 28.7. The molecule has 0 saturated heterocycles. The van der Waals surface area contributed by atoms with Gasteiger partial charge in [-0.25, -0.2) is 9.78 Å². The first kappa shape index (κ1) is 19.6. The lowest BCUT2D eigenvalue weighted by molar-refractivity contribution is 0.0532. The predicted molar refractivity (Wildman–Crippen MR) is 101 cm³/mol. The molecule has 0 saturated carbocycles. The SMILES string of the molecule is CCOC(=O)c1ccc(-c2ncc(C=O)n2COCC[Si](C)(C)C)s1. The van der Waals surface area contributed by atoms with E-state index in [4.69, 9.17) is 9.47 Å². The Morgan fingerprint density at radius 3 is 2.76 bits per heavy atom. The summed E-state index contributed by atoms with van der Waals surface area (Å²) in [6, 6.07) is 4.58. The number of carbonyl (C=O) groups excluding carboxylic acids is 2. The number of hydrogen-bond donors (Lipinski definition) is 0. The summed E-state index contributed by atoms with van der Waals surface area (Å²) in [6.45, 7) is 9.90. The highest BCUT2D eigenvalue weighted by molar-refractivity contribution is 7.17. The molecule has 0 bridgehead atoms. The molecule has 0 aliphatic heterocycles. The molecule has 25 heavy (non-hydrogen) atoms. The molecule has 0 N–H and O–H groups in total. The van der Waals surface area contributed by atoms with E-state index in [-0.39, 0.29) is 12.7 Å². The van der Waals surface area contributed by atoms with E-state index in [1.54, 1.807) is 17.6 Å². The zero-order valence-electron chi connectivity index (χ0n) is 15.1. The average molecular weight is 381 g/mol. The Hall–Kier alpha value is -1.77. The normalized spacial score (nSPS) is 11.5. The van der Waals surface area contributed by atoms with Crippen LogP contribution in [0, 0.1) is 0 Å². The Kier molecular flexibility index (Phi) is 6.69. The van der Waals surface area contributed by atoms with Crippen LogP contribution in [0.3, 0.4) is 0 Å². The van der Waals surface area contributed by atoms with Crippen LogP contribution in [0.25, 0.3) is 10.7 Å². The molecule has 2 rings (SSSR count). The number of thiophene rings is 1. The number of aromatic nitrogens is 2. The van der Waals surface area contributed by atoms with E-state index in [0.717, 1.165) is 17.2 Å². The second-order valence-electron chi connectivity index (χ2n) is 6.78. The standard InChI is InChI=1S/C17H24N2O4SSi/c1-5-23-17(21)15-7-6-14(24-15)16-18-10-13(11-20)19(16)12-22-8-9-25(2,3)4/h6-7,10-11H,5,8-9,12H2,1-4H3. The Morgan fingerprint density at radius 1 is 1.36 bits per heavy atom. The fourth-order valence-electron chi connectivity index (χ4n) is 2.12. The first-order valence-electron chi connectivity index (χ1n) is 8.21. The summed E-state index contributed by atoms with van der Waals surface area (Å²) in [6.07, 6.45) is 2.28. The van der Waals surface area contributed by atoms with Crippen LogP contribution in [-0.4, -0.2) is 43.1 Å². The molecule has 0 radical (unpaired) electrons. The van der Waals surface area contributed by atoms with Crippen LogP contribution in [0.15, 0.2) is 18.3 Å². The van der Waals surface area contributed by atoms with Gasteiger partial charge in [0.1, 0.15) is 17.3 Å². The first-order chi connectivity index (χ1) is 11.9. The van der Waals surface area contributed by atoms with Crippen LogP contribution in [-0.2, 0) is 16.2 Å². The summed E-state index contributed by atoms with van der Waals surface area (Å²) >= 11 is 1.29. The van der Waals surface area contributed by atoms with Crippen LogP contribution < -0.4 is 0 Å². The summed E-state index contributed by atoms with van der Waals surface area (Å²) < 4.78 is 12.5. The van der Waals surface area contributed by atoms with Crippen molar-refractivity contribution >= 4 is 31.7 Å². The molecule has 2 heterocycles. The van der Waals surface area contributed by atoms with E-state index >= 15 is 0 Å². The lowest BCUT2D eigenvalue weighted by Crippen LogP contribution is -2.22. The lowest BCUT2D eigenvalue weighted by Gasteiger charge is -2.16. The Morgan fingerprint density at radius 2 is 2.12 bits per heavy atom. The molecule has 0 aliphatic rings. The molecule has 2 aromatic rings. The minimum Gasteiger partial charge on any atom is -0.462 e. The van der Waals surface area contributed by atoms with Crippen molar-refractivity contribution in [2.24, 2.45) is 0 Å². The van der Waals surface area contributed by atoms with E-state index in [2.05, 4.69) is 24.6 Å². The van der Waals surface area contributed by atoms with E-state index in [0.29, 0.717) is 29.6 Å². The van der Waals surface area contributed by atoms with Crippen molar-refractivity contribution < 1.29 is 19.1 Å². The van der Waals surface area contributed by atoms with Gasteiger partial charge in [0.15, 0.2) is 12.1 Å². The Labute approximate surface area is 152 Å². The second kappa shape index (κ2) is 8.55. The monoisotopic (exact) mass is 380 g/mol. The third-order valence-corrected chi connectivity index (χ3v) is 6.29. The lowest BCUT2D eigenvalue weighted by atomic mass is 10.4. The zero-order chi connectivity index (χ0) is 18.4. The van der Waals surface area contributed by atoms with Crippen LogP contribution in [0.2, 0.25) is 25.7 Å². The average Bonchev–Trinajstić information content (AvgIpc) is 3.17. The maximum Gasteiger partial charge on any atom is 0.348 e. The van der Waals surface area contributed by atoms with Gasteiger partial charge in [0.2, 0.25) is 0 Å². The van der Waals surface area contributed by atoms with Crippen LogP contribution in [0.4, 0.5) is 0 Å². The second-order valence-corrected chi connectivity index (χ2v) is 13.5. The van der Waals surface area contributed by atoms with Gasteiger partial charge in [-0.3, -0.25) is 9.36 Å².